The van der Waals surface area contributed by atoms with Crippen molar-refractivity contribution in [2.24, 2.45) is 0 Å². The topological polar surface area (TPSA) is 44.4 Å². The zero-order chi connectivity index (χ0) is 12.7. The number of carbonyl (C=O) groups excluding carboxylic acids is 1. The molecule has 2 atom stereocenters. The van der Waals surface area contributed by atoms with Crippen LogP contribution in [0.15, 0.2) is 12.7 Å². The van der Waals surface area contributed by atoms with Gasteiger partial charge in [0.15, 0.2) is 0 Å². The number of nitrogens with zero attached hydrogens (tertiary/aromatic N) is 1. The van der Waals surface area contributed by atoms with E-state index in [1.807, 2.05) is 6.92 Å². The van der Waals surface area contributed by atoms with E-state index < -0.39 is 0 Å². The van der Waals surface area contributed by atoms with Crippen LogP contribution in [0.4, 0.5) is 0 Å². The summed E-state index contributed by atoms with van der Waals surface area (Å²) in [6, 6.07) is 0.368. The molecule has 17 heavy (non-hydrogen) atoms. The number of hydrogen-bond donors (Lipinski definition) is 2. The molecule has 0 radical (unpaired) electrons. The van der Waals surface area contributed by atoms with Gasteiger partial charge >= 0.3 is 0 Å². The molecule has 0 aromatic carbocycles. The molecule has 0 aromatic rings. The van der Waals surface area contributed by atoms with Crippen molar-refractivity contribution >= 4 is 5.91 Å². The Balaban J connectivity index is 2.19. The standard InChI is InChI=1S/C13H25N3O/c1-4-7-14-13(17)12(3)15-10-11(2)16-8-5-6-9-16/h4,11-12,15H,1,5-10H2,2-3H3,(H,14,17). The summed E-state index contributed by atoms with van der Waals surface area (Å²) in [5, 5.41) is 6.07. The zero-order valence-corrected chi connectivity index (χ0v) is 11.0. The third-order valence-corrected chi connectivity index (χ3v) is 3.30. The van der Waals surface area contributed by atoms with Crippen molar-refractivity contribution in [3.05, 3.63) is 12.7 Å². The molecule has 1 amide bonds. The van der Waals surface area contributed by atoms with Crippen molar-refractivity contribution in [2.45, 2.75) is 38.8 Å². The lowest BCUT2D eigenvalue weighted by atomic mass is 10.2. The maximum absolute atomic E-state index is 11.6. The maximum Gasteiger partial charge on any atom is 0.237 e. The van der Waals surface area contributed by atoms with E-state index in [4.69, 9.17) is 0 Å². The van der Waals surface area contributed by atoms with Crippen LogP contribution in [0.1, 0.15) is 26.7 Å². The summed E-state index contributed by atoms with van der Waals surface area (Å²) in [5.41, 5.74) is 0. The monoisotopic (exact) mass is 239 g/mol. The second kappa shape index (κ2) is 7.45. The number of rotatable bonds is 7. The molecule has 1 aliphatic heterocycles. The Morgan fingerprint density at radius 1 is 1.41 bits per heavy atom. The molecule has 98 valence electrons. The summed E-state index contributed by atoms with van der Waals surface area (Å²) in [6.45, 7) is 11.5. The lowest BCUT2D eigenvalue weighted by molar-refractivity contribution is -0.122. The molecular formula is C13H25N3O. The SMILES string of the molecule is C=CCNC(=O)C(C)NCC(C)N1CCCC1. The Kier molecular flexibility index (Phi) is 6.22. The van der Waals surface area contributed by atoms with Gasteiger partial charge in [-0.25, -0.2) is 0 Å². The van der Waals surface area contributed by atoms with Gasteiger partial charge in [-0.15, -0.1) is 6.58 Å². The first-order chi connectivity index (χ1) is 8.15. The summed E-state index contributed by atoms with van der Waals surface area (Å²) in [6.07, 6.45) is 4.30. The molecule has 2 N–H and O–H groups in total. The highest BCUT2D eigenvalue weighted by Crippen LogP contribution is 2.10. The predicted octanol–water partition coefficient (Wildman–Crippen LogP) is 0.751. The fourth-order valence-corrected chi connectivity index (χ4v) is 2.08. The van der Waals surface area contributed by atoms with Crippen molar-refractivity contribution in [2.75, 3.05) is 26.2 Å². The average molecular weight is 239 g/mol. The largest absolute Gasteiger partial charge is 0.351 e. The maximum atomic E-state index is 11.6. The fourth-order valence-electron chi connectivity index (χ4n) is 2.08. The summed E-state index contributed by atoms with van der Waals surface area (Å²) in [7, 11) is 0. The van der Waals surface area contributed by atoms with E-state index in [1.165, 1.54) is 25.9 Å². The van der Waals surface area contributed by atoms with Gasteiger partial charge in [-0.2, -0.15) is 0 Å². The van der Waals surface area contributed by atoms with E-state index in [9.17, 15) is 4.79 Å². The van der Waals surface area contributed by atoms with E-state index in [-0.39, 0.29) is 11.9 Å². The highest BCUT2D eigenvalue weighted by Gasteiger charge is 2.19. The fraction of sp³-hybridized carbons (Fsp3) is 0.769. The van der Waals surface area contributed by atoms with Crippen molar-refractivity contribution in [3.8, 4) is 0 Å². The van der Waals surface area contributed by atoms with Gasteiger partial charge in [-0.1, -0.05) is 6.08 Å². The highest BCUT2D eigenvalue weighted by atomic mass is 16.2. The van der Waals surface area contributed by atoms with Gasteiger partial charge < -0.3 is 10.6 Å². The Morgan fingerprint density at radius 2 is 2.06 bits per heavy atom. The summed E-state index contributed by atoms with van der Waals surface area (Å²) in [4.78, 5) is 14.1. The Bertz CT molecular complexity index is 249. The van der Waals surface area contributed by atoms with Crippen LogP contribution in [0.5, 0.6) is 0 Å². The minimum atomic E-state index is -0.139. The number of hydrogen-bond acceptors (Lipinski definition) is 3. The smallest absolute Gasteiger partial charge is 0.237 e. The van der Waals surface area contributed by atoms with Crippen LogP contribution in [0, 0.1) is 0 Å². The van der Waals surface area contributed by atoms with Gasteiger partial charge in [0, 0.05) is 19.1 Å². The van der Waals surface area contributed by atoms with Crippen LogP contribution in [0.25, 0.3) is 0 Å². The molecule has 0 saturated carbocycles. The number of carbonyl (C=O) groups is 1. The number of nitrogens with one attached hydrogen (secondary N) is 2. The van der Waals surface area contributed by atoms with E-state index in [0.717, 1.165) is 6.54 Å². The molecule has 1 aliphatic rings. The van der Waals surface area contributed by atoms with Crippen LogP contribution in [-0.2, 0) is 4.79 Å². The van der Waals surface area contributed by atoms with Gasteiger partial charge in [0.25, 0.3) is 0 Å². The van der Waals surface area contributed by atoms with Crippen molar-refractivity contribution in [1.82, 2.24) is 15.5 Å². The van der Waals surface area contributed by atoms with Crippen molar-refractivity contribution < 1.29 is 4.79 Å². The molecule has 4 heteroatoms. The zero-order valence-electron chi connectivity index (χ0n) is 11.0. The predicted molar refractivity (Wildman–Crippen MR) is 70.9 cm³/mol. The summed E-state index contributed by atoms with van der Waals surface area (Å²) >= 11 is 0. The Morgan fingerprint density at radius 3 is 2.65 bits per heavy atom. The Labute approximate surface area is 104 Å². The van der Waals surface area contributed by atoms with E-state index >= 15 is 0 Å². The number of amides is 1. The van der Waals surface area contributed by atoms with Crippen molar-refractivity contribution in [1.29, 1.82) is 0 Å². The number of likely N-dealkylation sites (tertiary alicyclic amines) is 1. The molecule has 0 aromatic heterocycles. The molecular weight excluding hydrogens is 214 g/mol. The molecule has 0 bridgehead atoms. The second-order valence-electron chi connectivity index (χ2n) is 4.76. The van der Waals surface area contributed by atoms with Gasteiger partial charge in [-0.3, -0.25) is 9.69 Å². The normalized spacial score (nSPS) is 19.9. The lowest BCUT2D eigenvalue weighted by Crippen LogP contribution is -2.47. The third kappa shape index (κ3) is 4.88. The minimum Gasteiger partial charge on any atom is -0.351 e. The van der Waals surface area contributed by atoms with Gasteiger partial charge in [0.1, 0.15) is 0 Å². The van der Waals surface area contributed by atoms with Crippen LogP contribution in [0.3, 0.4) is 0 Å². The lowest BCUT2D eigenvalue weighted by Gasteiger charge is -2.25. The van der Waals surface area contributed by atoms with Crippen LogP contribution in [0.2, 0.25) is 0 Å². The molecule has 2 unspecified atom stereocenters. The quantitative estimate of drug-likeness (QED) is 0.644. The summed E-state index contributed by atoms with van der Waals surface area (Å²) in [5.74, 6) is 0.0403. The molecule has 1 heterocycles. The van der Waals surface area contributed by atoms with Gasteiger partial charge in [0.05, 0.1) is 6.04 Å². The Hall–Kier alpha value is -0.870. The minimum absolute atomic E-state index is 0.0403. The average Bonchev–Trinajstić information content (AvgIpc) is 2.86. The van der Waals surface area contributed by atoms with Crippen LogP contribution >= 0.6 is 0 Å². The van der Waals surface area contributed by atoms with Crippen molar-refractivity contribution in [3.63, 3.8) is 0 Å². The molecule has 0 spiro atoms. The molecule has 1 rings (SSSR count). The highest BCUT2D eigenvalue weighted by molar-refractivity contribution is 5.81. The first kappa shape index (κ1) is 14.2. The first-order valence-electron chi connectivity index (χ1n) is 6.51. The van der Waals surface area contributed by atoms with E-state index in [1.54, 1.807) is 6.08 Å². The van der Waals surface area contributed by atoms with Gasteiger partial charge in [-0.05, 0) is 39.8 Å². The van der Waals surface area contributed by atoms with Crippen LogP contribution < -0.4 is 10.6 Å². The van der Waals surface area contributed by atoms with E-state index in [0.29, 0.717) is 12.6 Å². The molecule has 1 fully saturated rings. The third-order valence-electron chi connectivity index (χ3n) is 3.30. The molecule has 0 aliphatic carbocycles. The molecule has 1 saturated heterocycles. The van der Waals surface area contributed by atoms with Gasteiger partial charge in [0.2, 0.25) is 5.91 Å². The second-order valence-corrected chi connectivity index (χ2v) is 4.76. The van der Waals surface area contributed by atoms with E-state index in [2.05, 4.69) is 29.0 Å². The summed E-state index contributed by atoms with van der Waals surface area (Å²) < 4.78 is 0. The first-order valence-corrected chi connectivity index (χ1v) is 6.51. The molecule has 4 nitrogen and oxygen atoms in total. The van der Waals surface area contributed by atoms with Crippen LogP contribution in [-0.4, -0.2) is 49.1 Å².